The number of nitrogens with one attached hydrogen (secondary N) is 1. The third-order valence-electron chi connectivity index (χ3n) is 4.38. The summed E-state index contributed by atoms with van der Waals surface area (Å²) in [5, 5.41) is 3.89. The molecule has 2 atom stereocenters. The number of fused-ring (bicyclic) bond motifs is 2. The van der Waals surface area contributed by atoms with E-state index in [9.17, 15) is 4.79 Å². The van der Waals surface area contributed by atoms with Crippen LogP contribution in [0.15, 0.2) is 36.5 Å². The third-order valence-corrected chi connectivity index (χ3v) is 4.61. The number of rotatable bonds is 2. The second kappa shape index (κ2) is 5.29. The maximum atomic E-state index is 12.6. The number of hydrogen-bond donors (Lipinski definition) is 1. The van der Waals surface area contributed by atoms with Gasteiger partial charge in [-0.1, -0.05) is 23.7 Å². The summed E-state index contributed by atoms with van der Waals surface area (Å²) in [5.41, 5.74) is 3.26. The molecule has 1 amide bonds. The number of hydrogen-bond acceptors (Lipinski definition) is 3. The van der Waals surface area contributed by atoms with E-state index in [2.05, 4.69) is 10.3 Å². The predicted molar refractivity (Wildman–Crippen MR) is 83.1 cm³/mol. The Morgan fingerprint density at radius 3 is 3.14 bits per heavy atom. The summed E-state index contributed by atoms with van der Waals surface area (Å²) in [4.78, 5) is 16.7. The van der Waals surface area contributed by atoms with Gasteiger partial charge in [0.15, 0.2) is 0 Å². The number of pyridine rings is 1. The normalized spacial score (nSPS) is 21.9. The molecule has 0 unspecified atom stereocenters. The van der Waals surface area contributed by atoms with Gasteiger partial charge in [0.25, 0.3) is 0 Å². The standard InChI is InChI=1S/C17H15ClN2O2/c18-11-4-5-12-10(8-11)3-6-15(12)20-16(21)14-9-22-17-13(14)2-1-7-19-17/h1-2,4-5,7-8,14-15H,3,6,9H2,(H,20,21)/t14-,15+/m1/s1. The van der Waals surface area contributed by atoms with Gasteiger partial charge in [-0.05, 0) is 42.2 Å². The van der Waals surface area contributed by atoms with Crippen molar-refractivity contribution in [1.29, 1.82) is 0 Å². The van der Waals surface area contributed by atoms with Crippen molar-refractivity contribution >= 4 is 17.5 Å². The molecule has 1 aromatic carbocycles. The summed E-state index contributed by atoms with van der Waals surface area (Å²) in [6.07, 6.45) is 3.53. The van der Waals surface area contributed by atoms with Crippen LogP contribution in [0.25, 0.3) is 0 Å². The van der Waals surface area contributed by atoms with Crippen LogP contribution in [0.4, 0.5) is 0 Å². The Morgan fingerprint density at radius 2 is 2.23 bits per heavy atom. The Balaban J connectivity index is 1.53. The minimum Gasteiger partial charge on any atom is -0.476 e. The Hall–Kier alpha value is -2.07. The van der Waals surface area contributed by atoms with Crippen molar-refractivity contribution in [3.8, 4) is 5.88 Å². The largest absolute Gasteiger partial charge is 0.476 e. The minimum absolute atomic E-state index is 0.000417. The van der Waals surface area contributed by atoms with Gasteiger partial charge in [-0.3, -0.25) is 4.79 Å². The Morgan fingerprint density at radius 1 is 1.32 bits per heavy atom. The van der Waals surface area contributed by atoms with Crippen LogP contribution in [0.5, 0.6) is 5.88 Å². The molecule has 0 fully saturated rings. The van der Waals surface area contributed by atoms with Crippen LogP contribution in [0, 0.1) is 0 Å². The number of carbonyl (C=O) groups excluding carboxylic acids is 1. The number of aryl methyl sites for hydroxylation is 1. The number of amides is 1. The van der Waals surface area contributed by atoms with Crippen molar-refractivity contribution in [1.82, 2.24) is 10.3 Å². The molecule has 0 bridgehead atoms. The quantitative estimate of drug-likeness (QED) is 0.927. The molecule has 22 heavy (non-hydrogen) atoms. The van der Waals surface area contributed by atoms with Crippen molar-refractivity contribution in [3.05, 3.63) is 58.2 Å². The molecule has 1 aliphatic heterocycles. The fourth-order valence-electron chi connectivity index (χ4n) is 3.27. The van der Waals surface area contributed by atoms with E-state index in [4.69, 9.17) is 16.3 Å². The molecule has 4 rings (SSSR count). The molecule has 0 spiro atoms. The minimum atomic E-state index is -0.278. The van der Waals surface area contributed by atoms with Crippen LogP contribution < -0.4 is 10.1 Å². The highest BCUT2D eigenvalue weighted by molar-refractivity contribution is 6.30. The van der Waals surface area contributed by atoms with Gasteiger partial charge in [0.2, 0.25) is 11.8 Å². The van der Waals surface area contributed by atoms with E-state index in [1.807, 2.05) is 30.3 Å². The van der Waals surface area contributed by atoms with Crippen molar-refractivity contribution in [3.63, 3.8) is 0 Å². The zero-order valence-corrected chi connectivity index (χ0v) is 12.6. The molecule has 4 nitrogen and oxygen atoms in total. The monoisotopic (exact) mass is 314 g/mol. The maximum Gasteiger partial charge on any atom is 0.231 e. The lowest BCUT2D eigenvalue weighted by atomic mass is 10.0. The van der Waals surface area contributed by atoms with E-state index in [-0.39, 0.29) is 17.9 Å². The van der Waals surface area contributed by atoms with E-state index in [0.717, 1.165) is 23.4 Å². The summed E-state index contributed by atoms with van der Waals surface area (Å²) < 4.78 is 5.49. The van der Waals surface area contributed by atoms with Gasteiger partial charge >= 0.3 is 0 Å². The lowest BCUT2D eigenvalue weighted by Gasteiger charge is -2.17. The van der Waals surface area contributed by atoms with E-state index in [0.29, 0.717) is 12.5 Å². The fraction of sp³-hybridized carbons (Fsp3) is 0.294. The van der Waals surface area contributed by atoms with E-state index in [1.54, 1.807) is 6.20 Å². The molecule has 0 radical (unpaired) electrons. The third kappa shape index (κ3) is 2.24. The van der Waals surface area contributed by atoms with Gasteiger partial charge in [0.05, 0.1) is 6.04 Å². The van der Waals surface area contributed by atoms with Gasteiger partial charge in [-0.2, -0.15) is 0 Å². The Bertz CT molecular complexity index is 747. The highest BCUT2D eigenvalue weighted by Crippen LogP contribution is 2.35. The Labute approximate surface area is 133 Å². The average molecular weight is 315 g/mol. The van der Waals surface area contributed by atoms with Gasteiger partial charge in [0.1, 0.15) is 12.5 Å². The van der Waals surface area contributed by atoms with E-state index < -0.39 is 0 Å². The topological polar surface area (TPSA) is 51.2 Å². The number of nitrogens with zero attached hydrogens (tertiary/aromatic N) is 1. The van der Waals surface area contributed by atoms with Gasteiger partial charge in [-0.15, -0.1) is 0 Å². The van der Waals surface area contributed by atoms with Crippen LogP contribution in [-0.2, 0) is 11.2 Å². The van der Waals surface area contributed by atoms with Crippen LogP contribution in [0.3, 0.4) is 0 Å². The average Bonchev–Trinajstić information content (AvgIpc) is 3.11. The first-order valence-electron chi connectivity index (χ1n) is 7.39. The first-order chi connectivity index (χ1) is 10.7. The van der Waals surface area contributed by atoms with Crippen molar-refractivity contribution in [2.45, 2.75) is 24.8 Å². The smallest absolute Gasteiger partial charge is 0.231 e. The molecular formula is C17H15ClN2O2. The summed E-state index contributed by atoms with van der Waals surface area (Å²) in [6.45, 7) is 0.359. The second-order valence-electron chi connectivity index (χ2n) is 5.70. The van der Waals surface area contributed by atoms with Crippen LogP contribution in [0.2, 0.25) is 5.02 Å². The maximum absolute atomic E-state index is 12.6. The first kappa shape index (κ1) is 13.6. The van der Waals surface area contributed by atoms with Crippen LogP contribution in [-0.4, -0.2) is 17.5 Å². The summed E-state index contributed by atoms with van der Waals surface area (Å²) in [6, 6.07) is 9.67. The summed E-state index contributed by atoms with van der Waals surface area (Å²) >= 11 is 6.03. The van der Waals surface area contributed by atoms with E-state index >= 15 is 0 Å². The van der Waals surface area contributed by atoms with Crippen LogP contribution in [0.1, 0.15) is 35.1 Å². The summed E-state index contributed by atoms with van der Waals surface area (Å²) in [7, 11) is 0. The zero-order chi connectivity index (χ0) is 15.1. The highest BCUT2D eigenvalue weighted by Gasteiger charge is 2.33. The molecule has 5 heteroatoms. The van der Waals surface area contributed by atoms with Gasteiger partial charge in [-0.25, -0.2) is 4.98 Å². The number of aromatic nitrogens is 1. The van der Waals surface area contributed by atoms with E-state index in [1.165, 1.54) is 11.1 Å². The van der Waals surface area contributed by atoms with Crippen LogP contribution >= 0.6 is 11.6 Å². The zero-order valence-electron chi connectivity index (χ0n) is 11.9. The molecule has 0 saturated heterocycles. The van der Waals surface area contributed by atoms with Gasteiger partial charge < -0.3 is 10.1 Å². The predicted octanol–water partition coefficient (Wildman–Crippen LogP) is 3.01. The molecule has 1 N–H and O–H groups in total. The Kier molecular flexibility index (Phi) is 3.26. The molecular weight excluding hydrogens is 300 g/mol. The lowest BCUT2D eigenvalue weighted by Crippen LogP contribution is -2.32. The molecule has 1 aliphatic carbocycles. The lowest BCUT2D eigenvalue weighted by molar-refractivity contribution is -0.123. The number of carbonyl (C=O) groups is 1. The fourth-order valence-corrected chi connectivity index (χ4v) is 3.46. The molecule has 2 heterocycles. The van der Waals surface area contributed by atoms with Gasteiger partial charge in [0, 0.05) is 16.8 Å². The van der Waals surface area contributed by atoms with Crippen molar-refractivity contribution in [2.24, 2.45) is 0 Å². The van der Waals surface area contributed by atoms with Crippen molar-refractivity contribution < 1.29 is 9.53 Å². The molecule has 1 aromatic heterocycles. The SMILES string of the molecule is O=C(N[C@H]1CCc2cc(Cl)ccc21)[C@@H]1COc2ncccc21. The first-order valence-corrected chi connectivity index (χ1v) is 7.76. The second-order valence-corrected chi connectivity index (χ2v) is 6.14. The molecule has 0 saturated carbocycles. The number of ether oxygens (including phenoxy) is 1. The highest BCUT2D eigenvalue weighted by atomic mass is 35.5. The number of halogens is 1. The number of benzene rings is 1. The molecule has 2 aromatic rings. The molecule has 112 valence electrons. The molecule has 2 aliphatic rings. The van der Waals surface area contributed by atoms with Crippen molar-refractivity contribution in [2.75, 3.05) is 6.61 Å². The summed E-state index contributed by atoms with van der Waals surface area (Å²) in [5.74, 6) is 0.292.